The summed E-state index contributed by atoms with van der Waals surface area (Å²) >= 11 is 3.20. The van der Waals surface area contributed by atoms with Crippen LogP contribution in [0.5, 0.6) is 0 Å². The topological polar surface area (TPSA) is 36.7 Å². The minimum atomic E-state index is -0.0130. The van der Waals surface area contributed by atoms with Crippen LogP contribution in [0.3, 0.4) is 0 Å². The first-order valence-corrected chi connectivity index (χ1v) is 6.19. The van der Waals surface area contributed by atoms with Crippen molar-refractivity contribution >= 4 is 21.8 Å². The number of carbonyl (C=O) groups excluding carboxylic acids is 1. The maximum absolute atomic E-state index is 12.1. The van der Waals surface area contributed by atoms with Gasteiger partial charge in [0.2, 0.25) is 0 Å². The van der Waals surface area contributed by atoms with E-state index in [-0.39, 0.29) is 5.91 Å². The van der Waals surface area contributed by atoms with Gasteiger partial charge in [-0.1, -0.05) is 0 Å². The normalized spacial score (nSPS) is 18.5. The van der Waals surface area contributed by atoms with Gasteiger partial charge in [-0.2, -0.15) is 0 Å². The summed E-state index contributed by atoms with van der Waals surface area (Å²) in [4.78, 5) is 16.2. The van der Waals surface area contributed by atoms with Gasteiger partial charge in [0.05, 0.1) is 0 Å². The monoisotopic (exact) mass is 286 g/mol. The molecule has 1 aromatic rings. The van der Waals surface area contributed by atoms with Crippen molar-refractivity contribution in [2.24, 2.45) is 0 Å². The fraction of sp³-hybridized carbons (Fsp3) is 0.545. The highest BCUT2D eigenvalue weighted by atomic mass is 79.9. The number of hydrogen-bond donors (Lipinski definition) is 0. The van der Waals surface area contributed by atoms with Gasteiger partial charge in [0.25, 0.3) is 5.91 Å². The second-order valence-corrected chi connectivity index (χ2v) is 4.83. The van der Waals surface area contributed by atoms with Crippen LogP contribution in [0.15, 0.2) is 21.2 Å². The van der Waals surface area contributed by atoms with Gasteiger partial charge in [0, 0.05) is 19.6 Å². The molecule has 2 heterocycles. The zero-order chi connectivity index (χ0) is 11.5. The molecule has 0 spiro atoms. The summed E-state index contributed by atoms with van der Waals surface area (Å²) in [5.74, 6) is 0.400. The third-order valence-electron chi connectivity index (χ3n) is 2.79. The molecule has 1 aliphatic heterocycles. The van der Waals surface area contributed by atoms with Crippen molar-refractivity contribution in [2.45, 2.75) is 6.42 Å². The molecule has 0 radical (unpaired) electrons. The quantitative estimate of drug-likeness (QED) is 0.790. The van der Waals surface area contributed by atoms with E-state index in [0.29, 0.717) is 10.4 Å². The van der Waals surface area contributed by atoms with Crippen molar-refractivity contribution in [1.82, 2.24) is 9.80 Å². The smallest absolute Gasteiger partial charge is 0.289 e. The van der Waals surface area contributed by atoms with E-state index in [9.17, 15) is 4.79 Å². The van der Waals surface area contributed by atoms with Crippen LogP contribution in [0.4, 0.5) is 0 Å². The Bertz CT molecular complexity index is 378. The Labute approximate surface area is 103 Å². The number of rotatable bonds is 1. The summed E-state index contributed by atoms with van der Waals surface area (Å²) in [6.07, 6.45) is 1.02. The van der Waals surface area contributed by atoms with Crippen LogP contribution >= 0.6 is 15.9 Å². The van der Waals surface area contributed by atoms with Gasteiger partial charge in [-0.25, -0.2) is 0 Å². The SMILES string of the molecule is CN1CCCN(C(=O)c2ccc(Br)o2)CC1. The van der Waals surface area contributed by atoms with Crippen LogP contribution in [-0.4, -0.2) is 48.9 Å². The largest absolute Gasteiger partial charge is 0.444 e. The van der Waals surface area contributed by atoms with E-state index in [1.54, 1.807) is 12.1 Å². The molecule has 0 aliphatic carbocycles. The first-order chi connectivity index (χ1) is 7.66. The van der Waals surface area contributed by atoms with Crippen molar-refractivity contribution in [2.75, 3.05) is 33.2 Å². The highest BCUT2D eigenvalue weighted by Gasteiger charge is 2.21. The molecule has 88 valence electrons. The molecule has 5 heteroatoms. The van der Waals surface area contributed by atoms with E-state index in [4.69, 9.17) is 4.42 Å². The lowest BCUT2D eigenvalue weighted by Gasteiger charge is -2.18. The second kappa shape index (κ2) is 5.01. The Kier molecular flexibility index (Phi) is 3.66. The molecule has 1 amide bonds. The predicted octanol–water partition coefficient (Wildman–Crippen LogP) is 1.82. The Morgan fingerprint density at radius 1 is 1.31 bits per heavy atom. The molecule has 0 saturated carbocycles. The minimum Gasteiger partial charge on any atom is -0.444 e. The molecule has 1 fully saturated rings. The Hall–Kier alpha value is -0.810. The molecule has 0 atom stereocenters. The van der Waals surface area contributed by atoms with Crippen molar-refractivity contribution in [3.8, 4) is 0 Å². The van der Waals surface area contributed by atoms with Crippen LogP contribution in [0.1, 0.15) is 17.0 Å². The number of nitrogens with zero attached hydrogens (tertiary/aromatic N) is 2. The molecule has 4 nitrogen and oxygen atoms in total. The fourth-order valence-electron chi connectivity index (χ4n) is 1.83. The lowest BCUT2D eigenvalue weighted by atomic mass is 10.3. The van der Waals surface area contributed by atoms with Crippen molar-refractivity contribution in [3.05, 3.63) is 22.6 Å². The molecule has 1 aliphatic rings. The van der Waals surface area contributed by atoms with E-state index < -0.39 is 0 Å². The maximum atomic E-state index is 12.1. The average molecular weight is 287 g/mol. The van der Waals surface area contributed by atoms with Crippen molar-refractivity contribution < 1.29 is 9.21 Å². The number of likely N-dealkylation sites (N-methyl/N-ethyl adjacent to an activating group) is 1. The van der Waals surface area contributed by atoms with Gasteiger partial charge >= 0.3 is 0 Å². The minimum absolute atomic E-state index is 0.0130. The lowest BCUT2D eigenvalue weighted by Crippen LogP contribution is -2.34. The molecular weight excluding hydrogens is 272 g/mol. The number of amides is 1. The van der Waals surface area contributed by atoms with E-state index in [2.05, 4.69) is 27.9 Å². The standard InChI is InChI=1S/C11H15BrN2O2/c1-13-5-2-6-14(8-7-13)11(15)9-3-4-10(12)16-9/h3-4H,2,5-8H2,1H3. The number of hydrogen-bond acceptors (Lipinski definition) is 3. The zero-order valence-corrected chi connectivity index (χ0v) is 10.9. The molecule has 0 N–H and O–H groups in total. The van der Waals surface area contributed by atoms with Crippen LogP contribution in [0, 0.1) is 0 Å². The summed E-state index contributed by atoms with van der Waals surface area (Å²) in [6.45, 7) is 3.55. The highest BCUT2D eigenvalue weighted by molar-refractivity contribution is 9.10. The predicted molar refractivity (Wildman–Crippen MR) is 64.4 cm³/mol. The van der Waals surface area contributed by atoms with E-state index in [1.807, 2.05) is 4.90 Å². The summed E-state index contributed by atoms with van der Waals surface area (Å²) in [6, 6.07) is 3.46. The molecule has 16 heavy (non-hydrogen) atoms. The maximum Gasteiger partial charge on any atom is 0.289 e. The lowest BCUT2D eigenvalue weighted by molar-refractivity contribution is 0.0729. The van der Waals surface area contributed by atoms with Crippen LogP contribution in [0.25, 0.3) is 0 Å². The molecule has 1 aromatic heterocycles. The summed E-state index contributed by atoms with van der Waals surface area (Å²) in [7, 11) is 2.08. The van der Waals surface area contributed by atoms with E-state index in [1.165, 1.54) is 0 Å². The zero-order valence-electron chi connectivity index (χ0n) is 9.28. The molecule has 0 aromatic carbocycles. The highest BCUT2D eigenvalue weighted by Crippen LogP contribution is 2.16. The summed E-state index contributed by atoms with van der Waals surface area (Å²) in [5.41, 5.74) is 0. The summed E-state index contributed by atoms with van der Waals surface area (Å²) in [5, 5.41) is 0. The van der Waals surface area contributed by atoms with Gasteiger partial charge in [-0.05, 0) is 48.1 Å². The van der Waals surface area contributed by atoms with Crippen molar-refractivity contribution in [3.63, 3.8) is 0 Å². The molecule has 0 bridgehead atoms. The second-order valence-electron chi connectivity index (χ2n) is 4.05. The third kappa shape index (κ3) is 2.65. The van der Waals surface area contributed by atoms with Gasteiger partial charge in [0.1, 0.15) is 0 Å². The van der Waals surface area contributed by atoms with Gasteiger partial charge in [-0.3, -0.25) is 4.79 Å². The van der Waals surface area contributed by atoms with Crippen molar-refractivity contribution in [1.29, 1.82) is 0 Å². The third-order valence-corrected chi connectivity index (χ3v) is 3.22. The average Bonchev–Trinajstić information content (AvgIpc) is 2.57. The van der Waals surface area contributed by atoms with Gasteiger partial charge in [-0.15, -0.1) is 0 Å². The number of carbonyl (C=O) groups is 1. The van der Waals surface area contributed by atoms with Gasteiger partial charge < -0.3 is 14.2 Å². The van der Waals surface area contributed by atoms with Crippen LogP contribution in [0.2, 0.25) is 0 Å². The first kappa shape index (κ1) is 11.7. The Morgan fingerprint density at radius 3 is 2.81 bits per heavy atom. The Balaban J connectivity index is 2.04. The Morgan fingerprint density at radius 2 is 2.12 bits per heavy atom. The molecule has 1 saturated heterocycles. The van der Waals surface area contributed by atoms with E-state index >= 15 is 0 Å². The van der Waals surface area contributed by atoms with Gasteiger partial charge in [0.15, 0.2) is 10.4 Å². The van der Waals surface area contributed by atoms with Crippen LogP contribution in [-0.2, 0) is 0 Å². The fourth-order valence-corrected chi connectivity index (χ4v) is 2.14. The van der Waals surface area contributed by atoms with E-state index in [0.717, 1.165) is 32.6 Å². The first-order valence-electron chi connectivity index (χ1n) is 5.40. The summed E-state index contributed by atoms with van der Waals surface area (Å²) < 4.78 is 5.88. The number of furan rings is 1. The number of halogens is 1. The van der Waals surface area contributed by atoms with Crippen LogP contribution < -0.4 is 0 Å². The molecule has 0 unspecified atom stereocenters. The molecule has 2 rings (SSSR count). The molecular formula is C11H15BrN2O2.